The Hall–Kier alpha value is -3.32. The fourth-order valence-electron chi connectivity index (χ4n) is 3.20. The van der Waals surface area contributed by atoms with E-state index in [1.807, 2.05) is 0 Å². The van der Waals surface area contributed by atoms with E-state index in [4.69, 9.17) is 15.6 Å². The van der Waals surface area contributed by atoms with Crippen LogP contribution in [0.15, 0.2) is 0 Å². The maximum absolute atomic E-state index is 12.3. The third-order valence-electron chi connectivity index (χ3n) is 5.47. The minimum atomic E-state index is -1.32. The molecule has 0 aliphatic heterocycles. The lowest BCUT2D eigenvalue weighted by atomic mass is 10.0. The first-order valence-corrected chi connectivity index (χ1v) is 14.6. The van der Waals surface area contributed by atoms with Crippen molar-refractivity contribution in [1.82, 2.24) is 31.9 Å². The molecule has 0 fully saturated rings. The van der Waals surface area contributed by atoms with Crippen molar-refractivity contribution < 1.29 is 48.5 Å². The standard InChI is InChI=1S/C25H45N7O10S/c1-25(2,24(41)30-7-9-33)32-20(36)4-6-29-21(37)12-18(23(39)40)43-15-17(22(26)38)31-19(35)5-10-42-11-8-28-14-16(34)13-27-3/h17-18,27-28,33H,4-15H2,1-3H3,(H2,26,38)(H,29,37)(H,30,41)(H,31,35)(H,32,36)(H,39,40). The number of ketones is 1. The van der Waals surface area contributed by atoms with Gasteiger partial charge in [-0.05, 0) is 20.9 Å². The van der Waals surface area contributed by atoms with Crippen molar-refractivity contribution in [3.05, 3.63) is 0 Å². The molecular weight excluding hydrogens is 590 g/mol. The predicted molar refractivity (Wildman–Crippen MR) is 157 cm³/mol. The van der Waals surface area contributed by atoms with Crippen LogP contribution in [-0.2, 0) is 38.3 Å². The van der Waals surface area contributed by atoms with Crippen LogP contribution < -0.4 is 37.6 Å². The number of carboxylic acid groups (broad SMARTS) is 1. The number of aliphatic hydroxyl groups is 1. The topological polar surface area (TPSA) is 267 Å². The number of carbonyl (C=O) groups excluding carboxylic acids is 6. The normalized spacial score (nSPS) is 12.5. The first-order valence-electron chi connectivity index (χ1n) is 13.6. The number of carbonyl (C=O) groups is 7. The molecule has 0 aromatic rings. The van der Waals surface area contributed by atoms with Gasteiger partial charge in [0.05, 0.1) is 32.9 Å². The summed E-state index contributed by atoms with van der Waals surface area (Å²) in [5.41, 5.74) is 4.09. The van der Waals surface area contributed by atoms with Gasteiger partial charge in [-0.15, -0.1) is 11.8 Å². The zero-order valence-electron chi connectivity index (χ0n) is 24.8. The highest BCUT2D eigenvalue weighted by Gasteiger charge is 2.29. The van der Waals surface area contributed by atoms with Crippen molar-refractivity contribution in [2.24, 2.45) is 5.73 Å². The number of likely N-dealkylation sites (N-methyl/N-ethyl adjacent to an activating group) is 1. The van der Waals surface area contributed by atoms with E-state index in [0.717, 1.165) is 11.8 Å². The molecule has 0 saturated heterocycles. The number of nitrogens with one attached hydrogen (secondary N) is 6. The van der Waals surface area contributed by atoms with E-state index in [2.05, 4.69) is 31.9 Å². The maximum atomic E-state index is 12.3. The number of rotatable bonds is 25. The molecule has 0 bridgehead atoms. The smallest absolute Gasteiger partial charge is 0.317 e. The third-order valence-corrected chi connectivity index (χ3v) is 6.77. The number of amides is 5. The van der Waals surface area contributed by atoms with E-state index in [1.54, 1.807) is 7.05 Å². The van der Waals surface area contributed by atoms with Crippen LogP contribution in [0.1, 0.15) is 33.1 Å². The number of aliphatic carboxylic acids is 1. The molecule has 5 amide bonds. The monoisotopic (exact) mass is 635 g/mol. The number of hydrogen-bond acceptors (Lipinski definition) is 12. The van der Waals surface area contributed by atoms with E-state index in [-0.39, 0.29) is 70.4 Å². The summed E-state index contributed by atoms with van der Waals surface area (Å²) >= 11 is 0.748. The summed E-state index contributed by atoms with van der Waals surface area (Å²) in [7, 11) is 1.67. The molecule has 246 valence electrons. The third kappa shape index (κ3) is 19.5. The van der Waals surface area contributed by atoms with E-state index in [9.17, 15) is 38.7 Å². The highest BCUT2D eigenvalue weighted by atomic mass is 32.2. The summed E-state index contributed by atoms with van der Waals surface area (Å²) in [5.74, 6) is -4.66. The lowest BCUT2D eigenvalue weighted by Gasteiger charge is -2.25. The summed E-state index contributed by atoms with van der Waals surface area (Å²) in [5, 5.41) is 32.5. The van der Waals surface area contributed by atoms with E-state index >= 15 is 0 Å². The van der Waals surface area contributed by atoms with Crippen LogP contribution in [0.3, 0.4) is 0 Å². The lowest BCUT2D eigenvalue weighted by Crippen LogP contribution is -2.55. The van der Waals surface area contributed by atoms with Gasteiger partial charge in [0, 0.05) is 44.6 Å². The SMILES string of the molecule is CNCC(=O)CNCCOCCC(=O)NC(CSC(CC(=O)NCCC(=O)NC(C)(C)C(=O)NCCO)C(=O)O)C(N)=O. The van der Waals surface area contributed by atoms with Crippen molar-refractivity contribution in [3.63, 3.8) is 0 Å². The molecule has 10 N–H and O–H groups in total. The van der Waals surface area contributed by atoms with Gasteiger partial charge in [-0.1, -0.05) is 0 Å². The predicted octanol–water partition coefficient (Wildman–Crippen LogP) is -4.17. The number of nitrogens with two attached hydrogens (primary N) is 1. The molecule has 0 aromatic carbocycles. The number of hydrogen-bond donors (Lipinski definition) is 9. The van der Waals surface area contributed by atoms with Crippen LogP contribution in [0.2, 0.25) is 0 Å². The number of primary amides is 1. The molecular formula is C25H45N7O10S. The Morgan fingerprint density at radius 1 is 0.907 bits per heavy atom. The van der Waals surface area contributed by atoms with Crippen molar-refractivity contribution in [2.75, 3.05) is 65.3 Å². The van der Waals surface area contributed by atoms with E-state index in [0.29, 0.717) is 6.54 Å². The molecule has 17 nitrogen and oxygen atoms in total. The van der Waals surface area contributed by atoms with Gasteiger partial charge >= 0.3 is 5.97 Å². The number of thioether (sulfide) groups is 1. The van der Waals surface area contributed by atoms with Crippen molar-refractivity contribution in [2.45, 2.75) is 49.9 Å². The van der Waals surface area contributed by atoms with Gasteiger partial charge in [0.2, 0.25) is 29.5 Å². The van der Waals surface area contributed by atoms with Crippen LogP contribution in [-0.4, -0.2) is 134 Å². The molecule has 0 spiro atoms. The number of ether oxygens (including phenoxy) is 1. The molecule has 0 heterocycles. The van der Waals surface area contributed by atoms with Crippen LogP contribution in [0.25, 0.3) is 0 Å². The van der Waals surface area contributed by atoms with Gasteiger partial charge in [0.1, 0.15) is 16.8 Å². The van der Waals surface area contributed by atoms with Crippen molar-refractivity contribution in [3.8, 4) is 0 Å². The molecule has 18 heteroatoms. The second-order valence-corrected chi connectivity index (χ2v) is 11.0. The van der Waals surface area contributed by atoms with Gasteiger partial charge in [-0.3, -0.25) is 33.6 Å². The summed E-state index contributed by atoms with van der Waals surface area (Å²) in [6.45, 7) is 3.73. The largest absolute Gasteiger partial charge is 0.480 e. The molecule has 0 aliphatic rings. The summed E-state index contributed by atoms with van der Waals surface area (Å²) in [6, 6.07) is -1.19. The van der Waals surface area contributed by atoms with E-state index < -0.39 is 58.8 Å². The van der Waals surface area contributed by atoms with E-state index in [1.165, 1.54) is 13.8 Å². The zero-order chi connectivity index (χ0) is 32.8. The number of aliphatic hydroxyl groups excluding tert-OH is 1. The molecule has 0 aromatic heterocycles. The molecule has 0 saturated carbocycles. The second-order valence-electron chi connectivity index (χ2n) is 9.75. The minimum Gasteiger partial charge on any atom is -0.480 e. The average Bonchev–Trinajstić information content (AvgIpc) is 2.92. The van der Waals surface area contributed by atoms with Gasteiger partial charge in [-0.25, -0.2) is 0 Å². The average molecular weight is 636 g/mol. The van der Waals surface area contributed by atoms with Crippen LogP contribution >= 0.6 is 11.8 Å². The first-order chi connectivity index (χ1) is 20.2. The minimum absolute atomic E-state index is 0.00750. The quantitative estimate of drug-likeness (QED) is 0.0432. The van der Waals surface area contributed by atoms with Crippen LogP contribution in [0, 0.1) is 0 Å². The maximum Gasteiger partial charge on any atom is 0.317 e. The van der Waals surface area contributed by atoms with Gasteiger partial charge in [0.25, 0.3) is 0 Å². The zero-order valence-corrected chi connectivity index (χ0v) is 25.6. The Labute approximate surface area is 254 Å². The molecule has 0 radical (unpaired) electrons. The Morgan fingerprint density at radius 2 is 1.60 bits per heavy atom. The van der Waals surface area contributed by atoms with Crippen molar-refractivity contribution in [1.29, 1.82) is 0 Å². The molecule has 43 heavy (non-hydrogen) atoms. The Bertz CT molecular complexity index is 951. The lowest BCUT2D eigenvalue weighted by molar-refractivity contribution is -0.138. The fourth-order valence-corrected chi connectivity index (χ4v) is 4.29. The van der Waals surface area contributed by atoms with Gasteiger partial charge in [-0.2, -0.15) is 0 Å². The number of carboxylic acids is 1. The van der Waals surface area contributed by atoms with Crippen LogP contribution in [0.4, 0.5) is 0 Å². The molecule has 2 atom stereocenters. The first kappa shape index (κ1) is 39.7. The van der Waals surface area contributed by atoms with Gasteiger partial charge < -0.3 is 52.6 Å². The Morgan fingerprint density at radius 3 is 2.21 bits per heavy atom. The summed E-state index contributed by atoms with van der Waals surface area (Å²) < 4.78 is 5.31. The fraction of sp³-hybridized carbons (Fsp3) is 0.720. The highest BCUT2D eigenvalue weighted by Crippen LogP contribution is 2.17. The molecule has 0 aliphatic carbocycles. The highest BCUT2D eigenvalue weighted by molar-refractivity contribution is 8.00. The van der Waals surface area contributed by atoms with Crippen LogP contribution in [0.5, 0.6) is 0 Å². The molecule has 2 unspecified atom stereocenters. The van der Waals surface area contributed by atoms with Gasteiger partial charge in [0.15, 0.2) is 5.78 Å². The Balaban J connectivity index is 4.50. The van der Waals surface area contributed by atoms with Crippen molar-refractivity contribution >= 4 is 53.1 Å². The Kier molecular flexibility index (Phi) is 20.5. The summed E-state index contributed by atoms with van der Waals surface area (Å²) in [4.78, 5) is 83.5. The second kappa shape index (κ2) is 22.3. The summed E-state index contributed by atoms with van der Waals surface area (Å²) in [6.07, 6.45) is -0.742. The molecule has 0 rings (SSSR count). The number of Topliss-reactive ketones (excluding diaryl/α,β-unsaturated/α-hetero) is 1.